The summed E-state index contributed by atoms with van der Waals surface area (Å²) in [5, 5.41) is 9.74. The molecule has 9 heteroatoms. The van der Waals surface area contributed by atoms with Crippen molar-refractivity contribution in [1.82, 2.24) is 0 Å². The molecule has 81 heavy (non-hydrogen) atoms. The molecule has 0 aromatic carbocycles. The number of carbonyl (C=O) groups excluding carboxylic acids is 2. The number of aliphatic carboxylic acids is 1. The monoisotopic (exact) mass is 1140 g/mol. The second kappa shape index (κ2) is 63.3. The van der Waals surface area contributed by atoms with E-state index in [4.69, 9.17) is 18.9 Å². The predicted molar refractivity (Wildman–Crippen MR) is 346 cm³/mol. The lowest BCUT2D eigenvalue weighted by Gasteiger charge is -2.25. The largest absolute Gasteiger partial charge is 0.477 e. The van der Waals surface area contributed by atoms with Crippen molar-refractivity contribution in [2.75, 3.05) is 47.5 Å². The zero-order valence-electron chi connectivity index (χ0n) is 54.2. The van der Waals surface area contributed by atoms with Gasteiger partial charge in [-0.1, -0.05) is 294 Å². The minimum absolute atomic E-state index is 0.182. The van der Waals surface area contributed by atoms with Gasteiger partial charge in [0.25, 0.3) is 6.29 Å². The molecule has 0 spiro atoms. The molecule has 0 fully saturated rings. The Balaban J connectivity index is 4.07. The van der Waals surface area contributed by atoms with Gasteiger partial charge in [0.05, 0.1) is 34.4 Å². The molecule has 474 valence electrons. The van der Waals surface area contributed by atoms with E-state index < -0.39 is 24.3 Å². The van der Waals surface area contributed by atoms with Crippen molar-refractivity contribution in [3.05, 3.63) is 48.6 Å². The van der Waals surface area contributed by atoms with Crippen LogP contribution in [-0.4, -0.2) is 87.4 Å². The van der Waals surface area contributed by atoms with Crippen molar-refractivity contribution in [3.8, 4) is 0 Å². The van der Waals surface area contributed by atoms with Crippen LogP contribution in [0.3, 0.4) is 0 Å². The van der Waals surface area contributed by atoms with Gasteiger partial charge in [-0.3, -0.25) is 9.59 Å². The number of rotatable bonds is 65. The maximum atomic E-state index is 12.9. The van der Waals surface area contributed by atoms with Gasteiger partial charge in [0.1, 0.15) is 13.2 Å². The minimum Gasteiger partial charge on any atom is -0.477 e. The van der Waals surface area contributed by atoms with Gasteiger partial charge in [0.15, 0.2) is 6.10 Å². The summed E-state index contributed by atoms with van der Waals surface area (Å²) in [6.45, 7) is 4.91. The van der Waals surface area contributed by atoms with E-state index in [1.807, 2.05) is 21.1 Å². The Morgan fingerprint density at radius 1 is 0.370 bits per heavy atom. The van der Waals surface area contributed by atoms with Crippen LogP contribution in [0.25, 0.3) is 0 Å². The highest BCUT2D eigenvalue weighted by molar-refractivity contribution is 5.71. The number of carbonyl (C=O) groups is 3. The topological polar surface area (TPSA) is 108 Å². The van der Waals surface area contributed by atoms with Gasteiger partial charge in [-0.2, -0.15) is 0 Å². The lowest BCUT2D eigenvalue weighted by atomic mass is 10.0. The molecule has 2 atom stereocenters. The van der Waals surface area contributed by atoms with Crippen LogP contribution < -0.4 is 0 Å². The van der Waals surface area contributed by atoms with Crippen LogP contribution in [0.15, 0.2) is 48.6 Å². The zero-order valence-corrected chi connectivity index (χ0v) is 54.2. The molecule has 0 aromatic rings. The van der Waals surface area contributed by atoms with E-state index in [2.05, 4.69) is 62.5 Å². The molecule has 0 aliphatic carbocycles. The van der Waals surface area contributed by atoms with Crippen LogP contribution in [-0.2, 0) is 33.3 Å². The Bertz CT molecular complexity index is 1470. The number of carboxylic acids is 1. The number of quaternary nitrogens is 1. The second-order valence-corrected chi connectivity index (χ2v) is 24.8. The summed E-state index contributed by atoms with van der Waals surface area (Å²) < 4.78 is 23.0. The molecule has 0 aliphatic heterocycles. The summed E-state index contributed by atoms with van der Waals surface area (Å²) in [4.78, 5) is 37.6. The first-order chi connectivity index (χ1) is 39.6. The molecule has 0 amide bonds. The third kappa shape index (κ3) is 64.7. The minimum atomic E-state index is -1.51. The quantitative estimate of drug-likeness (QED) is 0.0211. The Morgan fingerprint density at radius 2 is 0.667 bits per heavy atom. The number of hydrogen-bond donors (Lipinski definition) is 1. The fraction of sp³-hybridized carbons (Fsp3) is 0.847. The SMILES string of the molecule is CCCCCCC/C=C\C/C=C\C/C=C\CCCCCCCCCCC(=O)OC(COC(=O)CCCCCCCCCCCCCCCCCCCCCCC/C=C\CCCCCCCCCC)COC(OCC[N+](C)(C)C)C(=O)O. The van der Waals surface area contributed by atoms with Crippen LogP contribution in [0.5, 0.6) is 0 Å². The third-order valence-corrected chi connectivity index (χ3v) is 15.6. The van der Waals surface area contributed by atoms with Crippen molar-refractivity contribution in [3.63, 3.8) is 0 Å². The van der Waals surface area contributed by atoms with Crippen LogP contribution in [0.4, 0.5) is 0 Å². The molecule has 0 radical (unpaired) electrons. The smallest absolute Gasteiger partial charge is 0.361 e. The lowest BCUT2D eigenvalue weighted by molar-refractivity contribution is -0.870. The molecule has 2 unspecified atom stereocenters. The van der Waals surface area contributed by atoms with E-state index in [0.29, 0.717) is 23.9 Å². The van der Waals surface area contributed by atoms with Crippen LogP contribution in [0, 0.1) is 0 Å². The van der Waals surface area contributed by atoms with Crippen molar-refractivity contribution >= 4 is 17.9 Å². The van der Waals surface area contributed by atoms with Gasteiger partial charge >= 0.3 is 17.9 Å². The number of carboxylic acid groups (broad SMARTS) is 1. The summed E-state index contributed by atoms with van der Waals surface area (Å²) in [6, 6.07) is 0. The highest BCUT2D eigenvalue weighted by Gasteiger charge is 2.25. The first-order valence-electron chi connectivity index (χ1n) is 34.8. The maximum Gasteiger partial charge on any atom is 0.361 e. The molecule has 0 aliphatic rings. The van der Waals surface area contributed by atoms with Crippen LogP contribution in [0.1, 0.15) is 335 Å². The molecule has 0 rings (SSSR count). The van der Waals surface area contributed by atoms with Crippen LogP contribution in [0.2, 0.25) is 0 Å². The summed E-state index contributed by atoms with van der Waals surface area (Å²) in [5.74, 6) is -2.00. The highest BCUT2D eigenvalue weighted by atomic mass is 16.7. The molecule has 0 saturated heterocycles. The number of hydrogen-bond acceptors (Lipinski definition) is 7. The van der Waals surface area contributed by atoms with E-state index in [9.17, 15) is 19.5 Å². The van der Waals surface area contributed by atoms with E-state index in [1.54, 1.807) is 0 Å². The molecule has 1 N–H and O–H groups in total. The summed E-state index contributed by atoms with van der Waals surface area (Å²) >= 11 is 0. The maximum absolute atomic E-state index is 12.9. The molecule has 0 aromatic heterocycles. The molecular weight excluding hydrogens is 1010 g/mol. The van der Waals surface area contributed by atoms with Gasteiger partial charge < -0.3 is 28.5 Å². The van der Waals surface area contributed by atoms with Gasteiger partial charge in [-0.05, 0) is 77.0 Å². The Hall–Kier alpha value is -2.75. The number of esters is 2. The van der Waals surface area contributed by atoms with Gasteiger partial charge in [0, 0.05) is 12.8 Å². The van der Waals surface area contributed by atoms with Crippen molar-refractivity contribution in [2.45, 2.75) is 347 Å². The van der Waals surface area contributed by atoms with E-state index >= 15 is 0 Å². The normalized spacial score (nSPS) is 13.0. The first kappa shape index (κ1) is 78.2. The lowest BCUT2D eigenvalue weighted by Crippen LogP contribution is -2.40. The molecule has 0 bridgehead atoms. The molecule has 0 heterocycles. The standard InChI is InChI=1S/C72H133NO8/c1-6-8-10-12-14-16-18-20-22-24-26-28-30-31-32-33-34-35-36-37-38-39-41-42-44-46-48-50-52-54-56-58-60-62-69(74)79-66-68(67-80-72(71(76)77)78-65-64-73(3,4)5)81-70(75)63-61-59-57-55-53-51-49-47-45-43-40-29-27-25-23-21-19-17-15-13-11-9-7-2/h19,21,24-27,40,43,68,72H,6-18,20,22-23,28-39,41-42,44-67H2,1-5H3/p+1/b21-19-,26-24-,27-25-,43-40-. The van der Waals surface area contributed by atoms with Gasteiger partial charge in [-0.25, -0.2) is 4.79 Å². The summed E-state index contributed by atoms with van der Waals surface area (Å²) in [7, 11) is 5.98. The van der Waals surface area contributed by atoms with Gasteiger partial charge in [-0.15, -0.1) is 0 Å². The van der Waals surface area contributed by atoms with Gasteiger partial charge in [0.2, 0.25) is 0 Å². The van der Waals surface area contributed by atoms with Crippen molar-refractivity contribution in [2.24, 2.45) is 0 Å². The van der Waals surface area contributed by atoms with E-state index in [1.165, 1.54) is 244 Å². The molecular formula is C72H134NO8+. The predicted octanol–water partition coefficient (Wildman–Crippen LogP) is 21.4. The Kier molecular flexibility index (Phi) is 61.1. The fourth-order valence-electron chi connectivity index (χ4n) is 10.2. The van der Waals surface area contributed by atoms with E-state index in [0.717, 1.165) is 57.8 Å². The average molecular weight is 1140 g/mol. The molecule has 9 nitrogen and oxygen atoms in total. The number of likely N-dealkylation sites (N-methyl/N-ethyl adjacent to an activating group) is 1. The Labute approximate surface area is 502 Å². The number of ether oxygens (including phenoxy) is 4. The third-order valence-electron chi connectivity index (χ3n) is 15.6. The summed E-state index contributed by atoms with van der Waals surface area (Å²) in [6.07, 6.45) is 78.0. The highest BCUT2D eigenvalue weighted by Crippen LogP contribution is 2.18. The molecule has 0 saturated carbocycles. The number of allylic oxidation sites excluding steroid dienone is 8. The van der Waals surface area contributed by atoms with Crippen molar-refractivity contribution < 1.29 is 42.9 Å². The average Bonchev–Trinajstić information content (AvgIpc) is 3.44. The number of unbranched alkanes of at least 4 members (excludes halogenated alkanes) is 42. The first-order valence-corrected chi connectivity index (χ1v) is 34.8. The van der Waals surface area contributed by atoms with Crippen LogP contribution >= 0.6 is 0 Å². The van der Waals surface area contributed by atoms with E-state index in [-0.39, 0.29) is 32.2 Å². The van der Waals surface area contributed by atoms with Crippen molar-refractivity contribution in [1.29, 1.82) is 0 Å². The summed E-state index contributed by atoms with van der Waals surface area (Å²) in [5.41, 5.74) is 0. The fourth-order valence-corrected chi connectivity index (χ4v) is 10.2. The zero-order chi connectivity index (χ0) is 59.1. The number of nitrogens with zero attached hydrogens (tertiary/aromatic N) is 1. The second-order valence-electron chi connectivity index (χ2n) is 24.8. The Morgan fingerprint density at radius 3 is 1.00 bits per heavy atom.